The Hall–Kier alpha value is -0.680. The molecule has 0 spiro atoms. The van der Waals surface area contributed by atoms with Crippen LogP contribution in [0.15, 0.2) is 10.7 Å². The van der Waals surface area contributed by atoms with Gasteiger partial charge in [0.2, 0.25) is 0 Å². The maximum atomic E-state index is 10.2. The highest BCUT2D eigenvalue weighted by Crippen LogP contribution is 2.39. The van der Waals surface area contributed by atoms with Crippen molar-refractivity contribution in [1.82, 2.24) is 9.97 Å². The van der Waals surface area contributed by atoms with E-state index in [4.69, 9.17) is 0 Å². The lowest BCUT2D eigenvalue weighted by Gasteiger charge is -2.36. The fraction of sp³-hybridized carbons (Fsp3) is 0.714. The molecule has 1 aromatic heterocycles. The summed E-state index contributed by atoms with van der Waals surface area (Å²) in [5.74, 6) is 2.41. The monoisotopic (exact) mass is 325 g/mol. The molecule has 2 aliphatic carbocycles. The molecular weight excluding hydrogens is 306 g/mol. The third-order valence-electron chi connectivity index (χ3n) is 4.19. The molecule has 0 aliphatic heterocycles. The van der Waals surface area contributed by atoms with E-state index < -0.39 is 0 Å². The molecule has 1 N–H and O–H groups in total. The van der Waals surface area contributed by atoms with Crippen molar-refractivity contribution in [3.8, 4) is 0 Å². The number of likely N-dealkylation sites (N-methyl/N-ethyl adjacent to an activating group) is 1. The highest BCUT2D eigenvalue weighted by Gasteiger charge is 2.30. The molecule has 2 saturated carbocycles. The summed E-state index contributed by atoms with van der Waals surface area (Å²) in [5.41, 5.74) is 0. The van der Waals surface area contributed by atoms with E-state index in [0.29, 0.717) is 5.92 Å². The molecule has 0 aromatic carbocycles. The Bertz CT molecular complexity index is 464. The van der Waals surface area contributed by atoms with Gasteiger partial charge in [0.05, 0.1) is 12.1 Å². The molecule has 104 valence electrons. The number of aliphatic hydroxyl groups is 1. The largest absolute Gasteiger partial charge is 0.391 e. The van der Waals surface area contributed by atoms with E-state index in [0.717, 1.165) is 35.5 Å². The Labute approximate surface area is 122 Å². The molecule has 2 unspecified atom stereocenters. The van der Waals surface area contributed by atoms with Crippen LogP contribution in [0.3, 0.4) is 0 Å². The number of anilines is 1. The van der Waals surface area contributed by atoms with Gasteiger partial charge in [0.1, 0.15) is 16.2 Å². The molecule has 4 nitrogen and oxygen atoms in total. The van der Waals surface area contributed by atoms with Gasteiger partial charge >= 0.3 is 0 Å². The fourth-order valence-electron chi connectivity index (χ4n) is 2.84. The maximum absolute atomic E-state index is 10.2. The van der Waals surface area contributed by atoms with Crippen molar-refractivity contribution in [2.24, 2.45) is 0 Å². The second kappa shape index (κ2) is 5.37. The van der Waals surface area contributed by atoms with Crippen LogP contribution in [0.25, 0.3) is 0 Å². The first kappa shape index (κ1) is 13.3. The minimum absolute atomic E-state index is 0.183. The highest BCUT2D eigenvalue weighted by molar-refractivity contribution is 9.10. The van der Waals surface area contributed by atoms with Crippen LogP contribution >= 0.6 is 15.9 Å². The summed E-state index contributed by atoms with van der Waals surface area (Å²) in [6.45, 7) is 0. The third-order valence-corrected chi connectivity index (χ3v) is 4.60. The van der Waals surface area contributed by atoms with Crippen LogP contribution in [-0.2, 0) is 0 Å². The predicted molar refractivity (Wildman–Crippen MR) is 78.4 cm³/mol. The molecule has 2 fully saturated rings. The number of halogens is 1. The van der Waals surface area contributed by atoms with Gasteiger partial charge in [-0.2, -0.15) is 0 Å². The van der Waals surface area contributed by atoms with Crippen LogP contribution < -0.4 is 4.90 Å². The van der Waals surface area contributed by atoms with Gasteiger partial charge in [-0.25, -0.2) is 9.97 Å². The summed E-state index contributed by atoms with van der Waals surface area (Å²) in [5, 5.41) is 10.2. The van der Waals surface area contributed by atoms with Crippen LogP contribution in [0.5, 0.6) is 0 Å². The molecule has 1 aromatic rings. The van der Waals surface area contributed by atoms with Crippen LogP contribution in [0, 0.1) is 0 Å². The van der Waals surface area contributed by atoms with Gasteiger partial charge in [-0.1, -0.05) is 12.8 Å². The first-order valence-corrected chi connectivity index (χ1v) is 7.90. The van der Waals surface area contributed by atoms with Gasteiger partial charge in [0, 0.05) is 19.0 Å². The number of aromatic nitrogens is 2. The number of aliphatic hydroxyl groups excluding tert-OH is 1. The minimum atomic E-state index is -0.239. The Morgan fingerprint density at radius 2 is 1.95 bits per heavy atom. The molecular formula is C14H20BrN3O. The second-order valence-electron chi connectivity index (χ2n) is 5.71. The fourth-order valence-corrected chi connectivity index (χ4v) is 3.23. The minimum Gasteiger partial charge on any atom is -0.391 e. The van der Waals surface area contributed by atoms with Crippen LogP contribution in [-0.4, -0.2) is 34.3 Å². The highest BCUT2D eigenvalue weighted by atomic mass is 79.9. The van der Waals surface area contributed by atoms with Gasteiger partial charge < -0.3 is 10.0 Å². The number of rotatable bonds is 3. The summed E-state index contributed by atoms with van der Waals surface area (Å²) in [4.78, 5) is 11.3. The number of hydrogen-bond acceptors (Lipinski definition) is 4. The van der Waals surface area contributed by atoms with Crippen molar-refractivity contribution in [2.45, 2.75) is 56.6 Å². The zero-order valence-corrected chi connectivity index (χ0v) is 12.8. The SMILES string of the molecule is CN(c1cc(Br)nc(C2CC2)n1)C1CCCCC1O. The molecule has 0 saturated heterocycles. The Kier molecular flexibility index (Phi) is 3.76. The van der Waals surface area contributed by atoms with Crippen molar-refractivity contribution in [3.63, 3.8) is 0 Å². The Balaban J connectivity index is 1.83. The van der Waals surface area contributed by atoms with Gasteiger partial charge in [-0.3, -0.25) is 0 Å². The Morgan fingerprint density at radius 1 is 1.21 bits per heavy atom. The van der Waals surface area contributed by atoms with Gasteiger partial charge in [-0.15, -0.1) is 0 Å². The predicted octanol–water partition coefficient (Wildman–Crippen LogP) is 2.86. The molecule has 0 bridgehead atoms. The lowest BCUT2D eigenvalue weighted by Crippen LogP contribution is -2.43. The number of hydrogen-bond donors (Lipinski definition) is 1. The quantitative estimate of drug-likeness (QED) is 0.868. The van der Waals surface area contributed by atoms with Crippen molar-refractivity contribution >= 4 is 21.7 Å². The molecule has 0 radical (unpaired) electrons. The van der Waals surface area contributed by atoms with E-state index in [1.54, 1.807) is 0 Å². The lowest BCUT2D eigenvalue weighted by molar-refractivity contribution is 0.106. The third kappa shape index (κ3) is 2.92. The van der Waals surface area contributed by atoms with Gasteiger partial charge in [-0.05, 0) is 41.6 Å². The Morgan fingerprint density at radius 3 is 2.63 bits per heavy atom. The van der Waals surface area contributed by atoms with E-state index >= 15 is 0 Å². The number of nitrogens with zero attached hydrogens (tertiary/aromatic N) is 3. The summed E-state index contributed by atoms with van der Waals surface area (Å²) >= 11 is 3.48. The van der Waals surface area contributed by atoms with Gasteiger partial charge in [0.25, 0.3) is 0 Å². The van der Waals surface area contributed by atoms with Crippen molar-refractivity contribution in [2.75, 3.05) is 11.9 Å². The average Bonchev–Trinajstić information content (AvgIpc) is 3.22. The van der Waals surface area contributed by atoms with E-state index in [2.05, 4.69) is 30.8 Å². The first-order valence-electron chi connectivity index (χ1n) is 7.10. The van der Waals surface area contributed by atoms with E-state index in [-0.39, 0.29) is 12.1 Å². The summed E-state index contributed by atoms with van der Waals surface area (Å²) in [7, 11) is 2.03. The van der Waals surface area contributed by atoms with Crippen LogP contribution in [0.2, 0.25) is 0 Å². The van der Waals surface area contributed by atoms with Crippen molar-refractivity contribution in [3.05, 3.63) is 16.5 Å². The van der Waals surface area contributed by atoms with Crippen LogP contribution in [0.4, 0.5) is 5.82 Å². The molecule has 1 heterocycles. The topological polar surface area (TPSA) is 49.2 Å². The van der Waals surface area contributed by atoms with Crippen LogP contribution in [0.1, 0.15) is 50.3 Å². The molecule has 5 heteroatoms. The van der Waals surface area contributed by atoms with Crippen molar-refractivity contribution in [1.29, 1.82) is 0 Å². The molecule has 2 aliphatic rings. The van der Waals surface area contributed by atoms with Gasteiger partial charge in [0.15, 0.2) is 0 Å². The maximum Gasteiger partial charge on any atom is 0.135 e. The summed E-state index contributed by atoms with van der Waals surface area (Å²) < 4.78 is 0.844. The molecule has 2 atom stereocenters. The molecule has 3 rings (SSSR count). The summed E-state index contributed by atoms with van der Waals surface area (Å²) in [6, 6.07) is 2.13. The van der Waals surface area contributed by atoms with E-state index in [9.17, 15) is 5.11 Å². The summed E-state index contributed by atoms with van der Waals surface area (Å²) in [6.07, 6.45) is 6.42. The normalized spacial score (nSPS) is 27.3. The zero-order chi connectivity index (χ0) is 13.4. The van der Waals surface area contributed by atoms with Crippen molar-refractivity contribution < 1.29 is 5.11 Å². The molecule has 0 amide bonds. The van der Waals surface area contributed by atoms with E-state index in [1.807, 2.05) is 13.1 Å². The van der Waals surface area contributed by atoms with E-state index in [1.165, 1.54) is 19.3 Å². The smallest absolute Gasteiger partial charge is 0.135 e. The first-order chi connectivity index (χ1) is 9.15. The second-order valence-corrected chi connectivity index (χ2v) is 6.52. The molecule has 19 heavy (non-hydrogen) atoms. The zero-order valence-electron chi connectivity index (χ0n) is 11.2. The average molecular weight is 326 g/mol. The standard InChI is InChI=1S/C14H20BrN3O/c1-18(10-4-2-3-5-11(10)19)13-8-12(15)16-14(17-13)9-6-7-9/h8-11,19H,2-7H2,1H3. The lowest BCUT2D eigenvalue weighted by atomic mass is 9.91.